The Morgan fingerprint density at radius 1 is 0.930 bits per heavy atom. The molecule has 12 heteroatoms. The van der Waals surface area contributed by atoms with Gasteiger partial charge in [0.2, 0.25) is 0 Å². The molecule has 0 N–H and O–H groups in total. The van der Waals surface area contributed by atoms with Gasteiger partial charge in [0.25, 0.3) is 17.7 Å². The Bertz CT molecular complexity index is 1760. The molecular formula is C31H26Cl2N2O7S. The lowest BCUT2D eigenvalue weighted by Gasteiger charge is -2.30. The summed E-state index contributed by atoms with van der Waals surface area (Å²) in [5.74, 6) is -4.13. The van der Waals surface area contributed by atoms with Crippen molar-refractivity contribution in [3.8, 4) is 5.75 Å². The van der Waals surface area contributed by atoms with Crippen LogP contribution >= 0.6 is 23.2 Å². The van der Waals surface area contributed by atoms with E-state index in [1.54, 1.807) is 12.1 Å². The Labute approximate surface area is 258 Å². The second-order valence-electron chi connectivity index (χ2n) is 10.4. The molecule has 222 valence electrons. The van der Waals surface area contributed by atoms with E-state index in [1.165, 1.54) is 54.6 Å². The summed E-state index contributed by atoms with van der Waals surface area (Å²) in [6, 6.07) is 15.5. The summed E-state index contributed by atoms with van der Waals surface area (Å²) in [5.41, 5.74) is 1.00. The fourth-order valence-electron chi connectivity index (χ4n) is 5.18. The zero-order chi connectivity index (χ0) is 31.1. The topological polar surface area (TPSA) is 118 Å². The molecule has 1 heterocycles. The SMILES string of the molecule is Cc1ccc(S(=O)(=O)Oc2ccc(C(=O)CN(C(=O)c3ccc(Cl)c(Cl)c3)N3C(=O)[C@@H]4[C@@H](C)C=CC[C@H]4C3=O)cc2)cc1. The van der Waals surface area contributed by atoms with Crippen molar-refractivity contribution in [2.24, 2.45) is 17.8 Å². The molecule has 2 aliphatic rings. The molecule has 3 amide bonds. The number of aryl methyl sites for hydroxylation is 1. The van der Waals surface area contributed by atoms with Crippen LogP contribution in [-0.4, -0.2) is 48.5 Å². The Morgan fingerprint density at radius 2 is 1.58 bits per heavy atom. The van der Waals surface area contributed by atoms with Crippen molar-refractivity contribution in [2.45, 2.75) is 25.2 Å². The van der Waals surface area contributed by atoms with Crippen molar-refractivity contribution in [1.29, 1.82) is 0 Å². The number of fused-ring (bicyclic) bond motifs is 1. The maximum absolute atomic E-state index is 13.7. The van der Waals surface area contributed by atoms with Gasteiger partial charge in [0.15, 0.2) is 5.78 Å². The van der Waals surface area contributed by atoms with E-state index < -0.39 is 52.0 Å². The van der Waals surface area contributed by atoms with Crippen LogP contribution in [0.3, 0.4) is 0 Å². The van der Waals surface area contributed by atoms with Crippen LogP contribution < -0.4 is 4.18 Å². The van der Waals surface area contributed by atoms with Gasteiger partial charge in [-0.05, 0) is 73.9 Å². The summed E-state index contributed by atoms with van der Waals surface area (Å²) in [5, 5.41) is 1.89. The van der Waals surface area contributed by atoms with Gasteiger partial charge in [-0.25, -0.2) is 5.01 Å². The quantitative estimate of drug-likeness (QED) is 0.138. The van der Waals surface area contributed by atoms with E-state index in [0.717, 1.165) is 15.6 Å². The third kappa shape index (κ3) is 6.08. The van der Waals surface area contributed by atoms with E-state index in [0.29, 0.717) is 6.42 Å². The molecule has 1 aliphatic carbocycles. The van der Waals surface area contributed by atoms with Gasteiger partial charge in [-0.2, -0.15) is 13.4 Å². The fraction of sp³-hybridized carbons (Fsp3) is 0.226. The minimum absolute atomic E-state index is 0.0221. The van der Waals surface area contributed by atoms with Gasteiger partial charge in [0.1, 0.15) is 17.2 Å². The minimum Gasteiger partial charge on any atom is -0.379 e. The number of carbonyl (C=O) groups excluding carboxylic acids is 4. The highest BCUT2D eigenvalue weighted by molar-refractivity contribution is 7.87. The average Bonchev–Trinajstić information content (AvgIpc) is 3.23. The molecule has 9 nitrogen and oxygen atoms in total. The molecule has 0 spiro atoms. The molecule has 3 aromatic carbocycles. The number of nitrogens with zero attached hydrogens (tertiary/aromatic N) is 2. The van der Waals surface area contributed by atoms with Gasteiger partial charge in [-0.15, -0.1) is 0 Å². The van der Waals surface area contributed by atoms with Crippen LogP contribution in [0.25, 0.3) is 0 Å². The number of hydrazine groups is 1. The van der Waals surface area contributed by atoms with Gasteiger partial charge in [0, 0.05) is 11.1 Å². The van der Waals surface area contributed by atoms with Crippen molar-refractivity contribution >= 4 is 56.8 Å². The predicted octanol–water partition coefficient (Wildman–Crippen LogP) is 5.51. The highest BCUT2D eigenvalue weighted by Gasteiger charge is 2.53. The lowest BCUT2D eigenvalue weighted by molar-refractivity contribution is -0.154. The van der Waals surface area contributed by atoms with Gasteiger partial charge < -0.3 is 4.18 Å². The largest absolute Gasteiger partial charge is 0.379 e. The smallest absolute Gasteiger partial charge is 0.339 e. The zero-order valence-electron chi connectivity index (χ0n) is 23.1. The molecule has 1 saturated heterocycles. The maximum atomic E-state index is 13.7. The number of amides is 3. The molecule has 43 heavy (non-hydrogen) atoms. The summed E-state index contributed by atoms with van der Waals surface area (Å²) < 4.78 is 30.5. The van der Waals surface area contributed by atoms with E-state index >= 15 is 0 Å². The summed E-state index contributed by atoms with van der Waals surface area (Å²) >= 11 is 12.1. The maximum Gasteiger partial charge on any atom is 0.339 e. The predicted molar refractivity (Wildman–Crippen MR) is 159 cm³/mol. The van der Waals surface area contributed by atoms with Gasteiger partial charge >= 0.3 is 10.1 Å². The third-order valence-electron chi connectivity index (χ3n) is 7.48. The first-order valence-electron chi connectivity index (χ1n) is 13.3. The van der Waals surface area contributed by atoms with E-state index in [9.17, 15) is 27.6 Å². The third-order valence-corrected chi connectivity index (χ3v) is 9.48. The van der Waals surface area contributed by atoms with Gasteiger partial charge in [-0.3, -0.25) is 19.2 Å². The first-order valence-corrected chi connectivity index (χ1v) is 15.5. The van der Waals surface area contributed by atoms with Gasteiger partial charge in [-0.1, -0.05) is 60.0 Å². The molecule has 1 fully saturated rings. The summed E-state index contributed by atoms with van der Waals surface area (Å²) in [7, 11) is -4.11. The van der Waals surface area contributed by atoms with Crippen LogP contribution in [0.2, 0.25) is 10.0 Å². The van der Waals surface area contributed by atoms with E-state index in [-0.39, 0.29) is 37.7 Å². The van der Waals surface area contributed by atoms with Crippen molar-refractivity contribution in [1.82, 2.24) is 10.0 Å². The molecule has 0 saturated carbocycles. The van der Waals surface area contributed by atoms with E-state index in [2.05, 4.69) is 0 Å². The lowest BCUT2D eigenvalue weighted by Crippen LogP contribution is -2.52. The number of rotatable bonds is 8. The number of hydrogen-bond acceptors (Lipinski definition) is 7. The summed E-state index contributed by atoms with van der Waals surface area (Å²) in [6.07, 6.45) is 4.03. The molecular weight excluding hydrogens is 615 g/mol. The second-order valence-corrected chi connectivity index (χ2v) is 12.8. The average molecular weight is 642 g/mol. The van der Waals surface area contributed by atoms with Crippen LogP contribution in [0.1, 0.15) is 39.6 Å². The normalized spacial score (nSPS) is 19.7. The van der Waals surface area contributed by atoms with Crippen LogP contribution in [0.5, 0.6) is 5.75 Å². The number of allylic oxidation sites excluding steroid dienone is 2. The van der Waals surface area contributed by atoms with Crippen LogP contribution in [0.15, 0.2) is 83.8 Å². The lowest BCUT2D eigenvalue weighted by atomic mass is 9.78. The molecule has 5 rings (SSSR count). The zero-order valence-corrected chi connectivity index (χ0v) is 25.4. The molecule has 0 aromatic heterocycles. The number of ketones is 1. The Morgan fingerprint density at radius 3 is 2.21 bits per heavy atom. The Kier molecular flexibility index (Phi) is 8.47. The molecule has 3 aromatic rings. The van der Waals surface area contributed by atoms with Gasteiger partial charge in [0.05, 0.1) is 21.9 Å². The van der Waals surface area contributed by atoms with Crippen LogP contribution in [-0.2, 0) is 19.7 Å². The van der Waals surface area contributed by atoms with Crippen molar-refractivity contribution in [3.05, 3.63) is 106 Å². The molecule has 3 atom stereocenters. The molecule has 1 aliphatic heterocycles. The summed E-state index contributed by atoms with van der Waals surface area (Å²) in [6.45, 7) is 2.99. The number of benzene rings is 3. The van der Waals surface area contributed by atoms with Crippen molar-refractivity contribution in [2.75, 3.05) is 6.54 Å². The molecule has 0 unspecified atom stereocenters. The minimum atomic E-state index is -4.11. The Balaban J connectivity index is 1.41. The summed E-state index contributed by atoms with van der Waals surface area (Å²) in [4.78, 5) is 54.2. The van der Waals surface area contributed by atoms with Crippen molar-refractivity contribution < 1.29 is 31.8 Å². The first-order chi connectivity index (χ1) is 20.4. The van der Waals surface area contributed by atoms with E-state index in [1.807, 2.05) is 26.0 Å². The highest BCUT2D eigenvalue weighted by Crippen LogP contribution is 2.39. The molecule has 0 bridgehead atoms. The second kappa shape index (κ2) is 11.9. The van der Waals surface area contributed by atoms with Crippen molar-refractivity contribution in [3.63, 3.8) is 0 Å². The number of halogens is 2. The monoisotopic (exact) mass is 640 g/mol. The highest BCUT2D eigenvalue weighted by atomic mass is 35.5. The molecule has 0 radical (unpaired) electrons. The number of carbonyl (C=O) groups is 4. The number of imide groups is 1. The van der Waals surface area contributed by atoms with Crippen LogP contribution in [0, 0.1) is 24.7 Å². The number of hydrogen-bond donors (Lipinski definition) is 0. The van der Waals surface area contributed by atoms with Crippen LogP contribution in [0.4, 0.5) is 0 Å². The first kappa shape index (κ1) is 30.5. The standard InChI is InChI=1S/C31H26Cl2N2O7S/c1-18-6-13-23(14-7-18)43(40,41)42-22-11-8-20(9-12-22)27(36)17-34(29(37)21-10-15-25(32)26(33)16-21)35-30(38)24-5-3-4-19(2)28(24)31(35)39/h3-4,6-16,19,24,28H,5,17H2,1-2H3/t19-,24+,28+/m0/s1. The fourth-order valence-corrected chi connectivity index (χ4v) is 6.41. The Hall–Kier alpha value is -3.99. The number of Topliss-reactive ketones (excluding diaryl/α,β-unsaturated/α-hetero) is 1. The van der Waals surface area contributed by atoms with E-state index in [4.69, 9.17) is 27.4 Å².